The number of halogens is 1. The number of likely N-dealkylation sites (tertiary alicyclic amines) is 1. The van der Waals surface area contributed by atoms with Crippen LogP contribution in [-0.4, -0.2) is 31.6 Å². The fourth-order valence-electron chi connectivity index (χ4n) is 2.84. The number of hydrogen-bond donors (Lipinski definition) is 1. The van der Waals surface area contributed by atoms with E-state index in [0.717, 1.165) is 12.5 Å². The number of nitrogens with one attached hydrogen (secondary N) is 1. The molecule has 17 heavy (non-hydrogen) atoms. The Hall–Kier alpha value is 0.1000. The van der Waals surface area contributed by atoms with E-state index in [1.165, 1.54) is 34.6 Å². The highest BCUT2D eigenvalue weighted by Crippen LogP contribution is 2.40. The summed E-state index contributed by atoms with van der Waals surface area (Å²) in [5, 5.41) is 3.35. The van der Waals surface area contributed by atoms with E-state index in [2.05, 4.69) is 52.3 Å². The van der Waals surface area contributed by atoms with Gasteiger partial charge in [0, 0.05) is 10.9 Å². The van der Waals surface area contributed by atoms with Crippen molar-refractivity contribution in [1.29, 1.82) is 0 Å². The zero-order valence-corrected chi connectivity index (χ0v) is 13.0. The maximum absolute atomic E-state index is 3.58. The fraction of sp³-hybridized carbons (Fsp3) is 0.692. The van der Waals surface area contributed by atoms with Gasteiger partial charge in [-0.25, -0.2) is 0 Å². The van der Waals surface area contributed by atoms with E-state index < -0.39 is 0 Å². The van der Waals surface area contributed by atoms with Crippen molar-refractivity contribution in [2.45, 2.75) is 25.8 Å². The second-order valence-electron chi connectivity index (χ2n) is 4.73. The van der Waals surface area contributed by atoms with E-state index in [0.29, 0.717) is 6.04 Å². The van der Waals surface area contributed by atoms with Crippen LogP contribution in [0.5, 0.6) is 0 Å². The summed E-state index contributed by atoms with van der Waals surface area (Å²) in [6.07, 6.45) is 2.57. The first-order chi connectivity index (χ1) is 8.26. The van der Waals surface area contributed by atoms with Gasteiger partial charge in [0.05, 0.1) is 3.79 Å². The van der Waals surface area contributed by atoms with E-state index in [-0.39, 0.29) is 0 Å². The van der Waals surface area contributed by atoms with Crippen LogP contribution in [0.1, 0.15) is 30.7 Å². The summed E-state index contributed by atoms with van der Waals surface area (Å²) in [6, 6.07) is 5.09. The smallest absolute Gasteiger partial charge is 0.0701 e. The Morgan fingerprint density at radius 2 is 2.35 bits per heavy atom. The van der Waals surface area contributed by atoms with E-state index >= 15 is 0 Å². The van der Waals surface area contributed by atoms with Crippen LogP contribution in [0.4, 0.5) is 0 Å². The molecule has 2 heterocycles. The monoisotopic (exact) mass is 316 g/mol. The highest BCUT2D eigenvalue weighted by molar-refractivity contribution is 9.11. The molecule has 2 nitrogen and oxygen atoms in total. The third-order valence-corrected chi connectivity index (χ3v) is 5.18. The fourth-order valence-corrected chi connectivity index (χ4v) is 4.49. The number of thiophene rings is 1. The molecule has 1 saturated heterocycles. The summed E-state index contributed by atoms with van der Waals surface area (Å²) in [4.78, 5) is 4.17. The molecule has 2 atom stereocenters. The summed E-state index contributed by atoms with van der Waals surface area (Å²) in [5.41, 5.74) is 0. The first kappa shape index (κ1) is 13.5. The third kappa shape index (κ3) is 3.11. The summed E-state index contributed by atoms with van der Waals surface area (Å²) >= 11 is 5.47. The van der Waals surface area contributed by atoms with Crippen LogP contribution < -0.4 is 5.32 Å². The molecule has 4 heteroatoms. The van der Waals surface area contributed by atoms with Gasteiger partial charge in [-0.05, 0) is 73.5 Å². The van der Waals surface area contributed by atoms with Crippen molar-refractivity contribution < 1.29 is 0 Å². The molecule has 0 spiro atoms. The molecule has 1 N–H and O–H groups in total. The van der Waals surface area contributed by atoms with Crippen LogP contribution in [0.15, 0.2) is 15.9 Å². The topological polar surface area (TPSA) is 15.3 Å². The van der Waals surface area contributed by atoms with Gasteiger partial charge in [-0.1, -0.05) is 6.92 Å². The molecule has 2 rings (SSSR count). The second kappa shape index (κ2) is 6.32. The normalized spacial score (nSPS) is 25.6. The highest BCUT2D eigenvalue weighted by Gasteiger charge is 2.34. The maximum Gasteiger partial charge on any atom is 0.0701 e. The van der Waals surface area contributed by atoms with Gasteiger partial charge < -0.3 is 5.32 Å². The summed E-state index contributed by atoms with van der Waals surface area (Å²) < 4.78 is 1.25. The Balaban J connectivity index is 2.16. The predicted molar refractivity (Wildman–Crippen MR) is 78.7 cm³/mol. The molecule has 0 radical (unpaired) electrons. The molecule has 1 fully saturated rings. The molecule has 1 aromatic rings. The second-order valence-corrected chi connectivity index (χ2v) is 7.22. The van der Waals surface area contributed by atoms with Crippen LogP contribution in [-0.2, 0) is 0 Å². The van der Waals surface area contributed by atoms with Crippen molar-refractivity contribution in [3.63, 3.8) is 0 Å². The van der Waals surface area contributed by atoms with Crippen molar-refractivity contribution in [2.75, 3.05) is 26.7 Å². The van der Waals surface area contributed by atoms with E-state index in [1.54, 1.807) is 0 Å². The van der Waals surface area contributed by atoms with Crippen molar-refractivity contribution in [3.8, 4) is 0 Å². The Morgan fingerprint density at radius 3 is 2.94 bits per heavy atom. The van der Waals surface area contributed by atoms with E-state index in [1.807, 2.05) is 11.3 Å². The standard InChI is InChI=1S/C13H21BrN2S/c1-3-7-16-8-6-10(9-15-2)13(16)11-4-5-12(14)17-11/h4-5,10,13,15H,3,6-9H2,1-2H3. The summed E-state index contributed by atoms with van der Waals surface area (Å²) in [6.45, 7) is 5.87. The van der Waals surface area contributed by atoms with Gasteiger partial charge in [0.25, 0.3) is 0 Å². The number of nitrogens with zero attached hydrogens (tertiary/aromatic N) is 1. The molecule has 1 aromatic heterocycles. The van der Waals surface area contributed by atoms with E-state index in [4.69, 9.17) is 0 Å². The van der Waals surface area contributed by atoms with Gasteiger partial charge >= 0.3 is 0 Å². The molecule has 0 bridgehead atoms. The average Bonchev–Trinajstić information content (AvgIpc) is 2.87. The van der Waals surface area contributed by atoms with Gasteiger partial charge in [-0.2, -0.15) is 0 Å². The largest absolute Gasteiger partial charge is 0.319 e. The number of hydrogen-bond acceptors (Lipinski definition) is 3. The van der Waals surface area contributed by atoms with Gasteiger partial charge in [0.2, 0.25) is 0 Å². The molecule has 0 aliphatic carbocycles. The molecule has 0 aromatic carbocycles. The quantitative estimate of drug-likeness (QED) is 0.894. The molecule has 0 amide bonds. The lowest BCUT2D eigenvalue weighted by Crippen LogP contribution is -2.29. The number of rotatable bonds is 5. The van der Waals surface area contributed by atoms with Crippen LogP contribution in [0.25, 0.3) is 0 Å². The van der Waals surface area contributed by atoms with Gasteiger partial charge in [-0.15, -0.1) is 11.3 Å². The molecule has 0 saturated carbocycles. The zero-order chi connectivity index (χ0) is 12.3. The molecule has 2 unspecified atom stereocenters. The van der Waals surface area contributed by atoms with Gasteiger partial charge in [0.1, 0.15) is 0 Å². The van der Waals surface area contributed by atoms with Crippen molar-refractivity contribution in [3.05, 3.63) is 20.8 Å². The zero-order valence-electron chi connectivity index (χ0n) is 10.6. The Bertz CT molecular complexity index is 339. The molecule has 1 aliphatic heterocycles. The van der Waals surface area contributed by atoms with Gasteiger partial charge in [-0.3, -0.25) is 4.90 Å². The summed E-state index contributed by atoms with van der Waals surface area (Å²) in [7, 11) is 2.06. The third-order valence-electron chi connectivity index (χ3n) is 3.49. The summed E-state index contributed by atoms with van der Waals surface area (Å²) in [5.74, 6) is 0.761. The first-order valence-corrected chi connectivity index (χ1v) is 8.01. The Labute approximate surface area is 117 Å². The van der Waals surface area contributed by atoms with Crippen LogP contribution in [0, 0.1) is 5.92 Å². The van der Waals surface area contributed by atoms with E-state index in [9.17, 15) is 0 Å². The lowest BCUT2D eigenvalue weighted by molar-refractivity contribution is 0.231. The average molecular weight is 317 g/mol. The SMILES string of the molecule is CCCN1CCC(CNC)C1c1ccc(Br)s1. The Kier molecular flexibility index (Phi) is 5.03. The van der Waals surface area contributed by atoms with Gasteiger partial charge in [0.15, 0.2) is 0 Å². The molecular formula is C13H21BrN2S. The minimum Gasteiger partial charge on any atom is -0.319 e. The molecule has 1 aliphatic rings. The van der Waals surface area contributed by atoms with Crippen molar-refractivity contribution in [1.82, 2.24) is 10.2 Å². The highest BCUT2D eigenvalue weighted by atomic mass is 79.9. The lowest BCUT2D eigenvalue weighted by Gasteiger charge is -2.27. The van der Waals surface area contributed by atoms with Crippen LogP contribution in [0.2, 0.25) is 0 Å². The Morgan fingerprint density at radius 1 is 1.53 bits per heavy atom. The maximum atomic E-state index is 3.58. The predicted octanol–water partition coefficient (Wildman–Crippen LogP) is 3.50. The molecular weight excluding hydrogens is 296 g/mol. The first-order valence-electron chi connectivity index (χ1n) is 6.40. The lowest BCUT2D eigenvalue weighted by atomic mass is 9.99. The van der Waals surface area contributed by atoms with Crippen LogP contribution in [0.3, 0.4) is 0 Å². The van der Waals surface area contributed by atoms with Crippen LogP contribution >= 0.6 is 27.3 Å². The van der Waals surface area contributed by atoms with Crippen molar-refractivity contribution >= 4 is 27.3 Å². The molecule has 96 valence electrons. The minimum absolute atomic E-state index is 0.624. The minimum atomic E-state index is 0.624. The van der Waals surface area contributed by atoms with Crippen molar-refractivity contribution in [2.24, 2.45) is 5.92 Å².